The number of nitrogens with two attached hydrogens (primary N) is 1. The number of halogens is 2. The van der Waals surface area contributed by atoms with Crippen LogP contribution in [0.1, 0.15) is 78.8 Å². The molecule has 0 radical (unpaired) electrons. The van der Waals surface area contributed by atoms with Crippen molar-refractivity contribution in [3.63, 3.8) is 0 Å². The number of allylic oxidation sites excluding steroid dienone is 1. The lowest BCUT2D eigenvalue weighted by molar-refractivity contribution is 0.497. The SMILES string of the molecule is CCc1ccc(C2=C(c3ccc(CC4CCCC4)cc3)c3ccc(N)cc3CCC2)c(F)c1F. The van der Waals surface area contributed by atoms with Crippen molar-refractivity contribution in [1.82, 2.24) is 0 Å². The molecule has 2 aliphatic carbocycles. The minimum atomic E-state index is -0.733. The Morgan fingerprint density at radius 2 is 1.56 bits per heavy atom. The van der Waals surface area contributed by atoms with E-state index in [1.807, 2.05) is 25.1 Å². The van der Waals surface area contributed by atoms with Gasteiger partial charge in [-0.2, -0.15) is 0 Å². The van der Waals surface area contributed by atoms with Gasteiger partial charge in [-0.3, -0.25) is 0 Å². The maximum Gasteiger partial charge on any atom is 0.166 e. The minimum absolute atomic E-state index is 0.379. The number of hydrogen-bond acceptors (Lipinski definition) is 1. The van der Waals surface area contributed by atoms with E-state index in [0.29, 0.717) is 24.0 Å². The lowest BCUT2D eigenvalue weighted by Gasteiger charge is -2.18. The lowest BCUT2D eigenvalue weighted by Crippen LogP contribution is -2.02. The van der Waals surface area contributed by atoms with Crippen LogP contribution < -0.4 is 5.73 Å². The molecule has 3 heteroatoms. The highest BCUT2D eigenvalue weighted by Gasteiger charge is 2.24. The molecule has 2 aliphatic rings. The molecule has 0 spiro atoms. The zero-order chi connectivity index (χ0) is 23.7. The monoisotopic (exact) mass is 457 g/mol. The zero-order valence-electron chi connectivity index (χ0n) is 20.0. The maximum absolute atomic E-state index is 15.4. The van der Waals surface area contributed by atoms with E-state index in [1.165, 1.54) is 36.8 Å². The first-order chi connectivity index (χ1) is 16.5. The Kier molecular flexibility index (Phi) is 6.54. The van der Waals surface area contributed by atoms with Gasteiger partial charge in [0, 0.05) is 11.3 Å². The fourth-order valence-corrected chi connectivity index (χ4v) is 5.86. The summed E-state index contributed by atoms with van der Waals surface area (Å²) >= 11 is 0. The van der Waals surface area contributed by atoms with Crippen molar-refractivity contribution in [2.75, 3.05) is 5.73 Å². The van der Waals surface area contributed by atoms with E-state index in [9.17, 15) is 4.39 Å². The summed E-state index contributed by atoms with van der Waals surface area (Å²) in [5.41, 5.74) is 14.2. The molecule has 3 aromatic carbocycles. The third-order valence-corrected chi connectivity index (χ3v) is 7.68. The van der Waals surface area contributed by atoms with Gasteiger partial charge in [-0.1, -0.05) is 75.1 Å². The van der Waals surface area contributed by atoms with Crippen LogP contribution in [-0.4, -0.2) is 0 Å². The van der Waals surface area contributed by atoms with Crippen molar-refractivity contribution in [3.8, 4) is 0 Å². The van der Waals surface area contributed by atoms with E-state index in [1.54, 1.807) is 12.1 Å². The van der Waals surface area contributed by atoms with Crippen LogP contribution in [0.4, 0.5) is 14.5 Å². The second kappa shape index (κ2) is 9.74. The molecule has 34 heavy (non-hydrogen) atoms. The Hall–Kier alpha value is -2.94. The fourth-order valence-electron chi connectivity index (χ4n) is 5.86. The van der Waals surface area contributed by atoms with Gasteiger partial charge in [-0.05, 0) is 89.1 Å². The van der Waals surface area contributed by atoms with E-state index in [-0.39, 0.29) is 0 Å². The van der Waals surface area contributed by atoms with Crippen LogP contribution in [0.5, 0.6) is 0 Å². The lowest BCUT2D eigenvalue weighted by atomic mass is 9.86. The van der Waals surface area contributed by atoms with Gasteiger partial charge in [0.25, 0.3) is 0 Å². The van der Waals surface area contributed by atoms with E-state index >= 15 is 4.39 Å². The standard InChI is InChI=1S/C31H33F2N/c1-2-22-14-16-28(31(33)30(22)32)27-9-5-8-24-19-25(34)15-17-26(24)29(27)23-12-10-21(11-13-23)18-20-6-3-4-7-20/h10-17,19-20H,2-9,18,34H2,1H3. The van der Waals surface area contributed by atoms with Crippen LogP contribution in [-0.2, 0) is 19.3 Å². The Bertz CT molecular complexity index is 1220. The summed E-state index contributed by atoms with van der Waals surface area (Å²) in [5, 5.41) is 0. The van der Waals surface area contributed by atoms with E-state index in [4.69, 9.17) is 5.73 Å². The first-order valence-electron chi connectivity index (χ1n) is 12.7. The summed E-state index contributed by atoms with van der Waals surface area (Å²) in [7, 11) is 0. The summed E-state index contributed by atoms with van der Waals surface area (Å²) in [6.07, 6.45) is 9.35. The molecule has 0 unspecified atom stereocenters. The van der Waals surface area contributed by atoms with E-state index in [0.717, 1.165) is 53.1 Å². The summed E-state index contributed by atoms with van der Waals surface area (Å²) in [6, 6.07) is 18.3. The number of hydrogen-bond donors (Lipinski definition) is 1. The molecule has 2 N–H and O–H groups in total. The molecule has 0 aliphatic heterocycles. The largest absolute Gasteiger partial charge is 0.399 e. The molecule has 1 nitrogen and oxygen atoms in total. The predicted molar refractivity (Wildman–Crippen MR) is 138 cm³/mol. The first kappa shape index (κ1) is 22.8. The molecule has 0 saturated heterocycles. The number of anilines is 1. The van der Waals surface area contributed by atoms with Crippen molar-refractivity contribution >= 4 is 16.8 Å². The second-order valence-electron chi connectivity index (χ2n) is 9.93. The quantitative estimate of drug-likeness (QED) is 0.385. The van der Waals surface area contributed by atoms with Gasteiger partial charge in [-0.15, -0.1) is 0 Å². The molecule has 0 heterocycles. The molecule has 3 aromatic rings. The van der Waals surface area contributed by atoms with Crippen LogP contribution >= 0.6 is 0 Å². The summed E-state index contributed by atoms with van der Waals surface area (Å²) in [4.78, 5) is 0. The molecule has 176 valence electrons. The van der Waals surface area contributed by atoms with E-state index in [2.05, 4.69) is 24.3 Å². The van der Waals surface area contributed by atoms with Crippen molar-refractivity contribution < 1.29 is 8.78 Å². The summed E-state index contributed by atoms with van der Waals surface area (Å²) in [6.45, 7) is 1.85. The Balaban J connectivity index is 1.65. The number of aryl methyl sites for hydroxylation is 2. The zero-order valence-corrected chi connectivity index (χ0v) is 20.0. The Morgan fingerprint density at radius 1 is 0.824 bits per heavy atom. The number of fused-ring (bicyclic) bond motifs is 1. The van der Waals surface area contributed by atoms with Gasteiger partial charge >= 0.3 is 0 Å². The van der Waals surface area contributed by atoms with Gasteiger partial charge < -0.3 is 5.73 Å². The van der Waals surface area contributed by atoms with Gasteiger partial charge in [-0.25, -0.2) is 8.78 Å². The number of rotatable bonds is 5. The number of benzene rings is 3. The third kappa shape index (κ3) is 4.41. The predicted octanol–water partition coefficient (Wildman–Crippen LogP) is 8.14. The van der Waals surface area contributed by atoms with Gasteiger partial charge in [0.2, 0.25) is 0 Å². The highest BCUT2D eigenvalue weighted by atomic mass is 19.2. The molecule has 0 aromatic heterocycles. The van der Waals surface area contributed by atoms with Gasteiger partial charge in [0.15, 0.2) is 11.6 Å². The third-order valence-electron chi connectivity index (χ3n) is 7.68. The van der Waals surface area contributed by atoms with Crippen LogP contribution in [0.2, 0.25) is 0 Å². The van der Waals surface area contributed by atoms with Gasteiger partial charge in [0.05, 0.1) is 0 Å². The second-order valence-corrected chi connectivity index (χ2v) is 9.93. The molecule has 1 saturated carbocycles. The molecule has 0 atom stereocenters. The highest BCUT2D eigenvalue weighted by molar-refractivity contribution is 6.00. The van der Waals surface area contributed by atoms with Crippen LogP contribution in [0.15, 0.2) is 54.6 Å². The normalized spacial score (nSPS) is 16.6. The number of nitrogen functional groups attached to an aromatic ring is 1. The van der Waals surface area contributed by atoms with Crippen molar-refractivity contribution in [1.29, 1.82) is 0 Å². The first-order valence-corrected chi connectivity index (χ1v) is 12.7. The van der Waals surface area contributed by atoms with Crippen molar-refractivity contribution in [2.45, 2.75) is 64.7 Å². The molecule has 1 fully saturated rings. The average molecular weight is 458 g/mol. The highest BCUT2D eigenvalue weighted by Crippen LogP contribution is 2.41. The topological polar surface area (TPSA) is 26.0 Å². The average Bonchev–Trinajstić information content (AvgIpc) is 3.28. The molecular weight excluding hydrogens is 424 g/mol. The van der Waals surface area contributed by atoms with Crippen LogP contribution in [0.25, 0.3) is 11.1 Å². The molecule has 5 rings (SSSR count). The molecule has 0 bridgehead atoms. The Labute approximate surface area is 201 Å². The van der Waals surface area contributed by atoms with E-state index < -0.39 is 11.6 Å². The molecule has 0 amide bonds. The molecular formula is C31H33F2N. The van der Waals surface area contributed by atoms with Crippen LogP contribution in [0, 0.1) is 17.6 Å². The summed E-state index contributed by atoms with van der Waals surface area (Å²) < 4.78 is 30.2. The van der Waals surface area contributed by atoms with Gasteiger partial charge in [0.1, 0.15) is 0 Å². The van der Waals surface area contributed by atoms with Crippen LogP contribution in [0.3, 0.4) is 0 Å². The summed E-state index contributed by atoms with van der Waals surface area (Å²) in [5.74, 6) is -0.666. The minimum Gasteiger partial charge on any atom is -0.399 e. The van der Waals surface area contributed by atoms with Crippen molar-refractivity contribution in [2.24, 2.45) is 5.92 Å². The van der Waals surface area contributed by atoms with Crippen molar-refractivity contribution in [3.05, 3.63) is 99.6 Å². The smallest absolute Gasteiger partial charge is 0.166 e. The fraction of sp³-hybridized carbons (Fsp3) is 0.355. The Morgan fingerprint density at radius 3 is 2.29 bits per heavy atom. The maximum atomic E-state index is 15.4.